The number of hydrogen-bond acceptors (Lipinski definition) is 7. The van der Waals surface area contributed by atoms with E-state index in [1.165, 1.54) is 114 Å². The predicted octanol–water partition coefficient (Wildman–Crippen LogP) is 8.64. The van der Waals surface area contributed by atoms with Gasteiger partial charge in [0.25, 0.3) is 0 Å². The Balaban J connectivity index is 0.000000511. The molecule has 0 amide bonds. The fraction of sp³-hybridized carbons (Fsp3) is 0.581. The molecule has 4 rings (SSSR count). The Kier molecular flexibility index (Phi) is 20.7. The Morgan fingerprint density at radius 1 is 0.429 bits per heavy atom. The molecule has 0 saturated carbocycles. The third-order valence-electron chi connectivity index (χ3n) is 10.2. The summed E-state index contributed by atoms with van der Waals surface area (Å²) in [5, 5.41) is 3.07. The maximum Gasteiger partial charge on any atom is 0.244 e. The molecular weight excluding hydrogens is 765 g/mol. The van der Waals surface area contributed by atoms with Gasteiger partial charge in [-0.05, 0) is 63.6 Å². The number of nitrogens with zero attached hydrogens (tertiary/aromatic N) is 3. The molecule has 1 aliphatic rings. The van der Waals surface area contributed by atoms with Crippen molar-refractivity contribution in [2.75, 3.05) is 45.9 Å². The van der Waals surface area contributed by atoms with Gasteiger partial charge in [0.2, 0.25) is 30.1 Å². The van der Waals surface area contributed by atoms with E-state index in [9.17, 15) is 25.3 Å². The topological polar surface area (TPSA) is 124 Å². The molecule has 56 heavy (non-hydrogen) atoms. The molecule has 1 N–H and O–H groups in total. The van der Waals surface area contributed by atoms with Gasteiger partial charge in [0.1, 0.15) is 0 Å². The molecule has 3 aromatic rings. The summed E-state index contributed by atoms with van der Waals surface area (Å²) in [5.41, 5.74) is 2.74. The van der Waals surface area contributed by atoms with Crippen molar-refractivity contribution in [2.24, 2.45) is 0 Å². The molecule has 0 radical (unpaired) electrons. The highest BCUT2D eigenvalue weighted by atomic mass is 32.2. The zero-order chi connectivity index (χ0) is 41.0. The van der Waals surface area contributed by atoms with E-state index in [0.29, 0.717) is 0 Å². The second-order valence-electron chi connectivity index (χ2n) is 15.0. The minimum Gasteiger partial charge on any atom is -0.302 e. The van der Waals surface area contributed by atoms with E-state index >= 15 is 0 Å². The minimum atomic E-state index is -3.99. The van der Waals surface area contributed by atoms with E-state index in [-0.39, 0.29) is 67.0 Å². The van der Waals surface area contributed by atoms with Gasteiger partial charge in [-0.1, -0.05) is 144 Å². The van der Waals surface area contributed by atoms with Crippen molar-refractivity contribution >= 4 is 30.1 Å². The first-order chi connectivity index (χ1) is 26.7. The number of unbranched alkanes of at least 4 members (excludes halogenated alkanes) is 11. The van der Waals surface area contributed by atoms with Crippen LogP contribution in [-0.4, -0.2) is 84.1 Å². The smallest absolute Gasteiger partial charge is 0.244 e. The van der Waals surface area contributed by atoms with E-state index in [4.69, 9.17) is 0 Å². The van der Waals surface area contributed by atoms with Gasteiger partial charge in [-0.25, -0.2) is 25.3 Å². The first-order valence-electron chi connectivity index (χ1n) is 20.6. The molecule has 0 aromatic heterocycles. The third-order valence-corrected chi connectivity index (χ3v) is 15.9. The monoisotopic (exact) mass is 832 g/mol. The van der Waals surface area contributed by atoms with Gasteiger partial charge in [-0.3, -0.25) is 0 Å². The SMILES string of the molecule is CCCCCCCCCCCCCC.Cc1ccc(S(=O)(=O)N2CCCN(S(=O)(=O)c3ccc(C)cc3)CCN(S(=O)(=O)c3ccc(C)cc3)CNCC2)cc1. The molecule has 13 heteroatoms. The molecule has 1 heterocycles. The second-order valence-corrected chi connectivity index (χ2v) is 20.8. The number of rotatable bonds is 17. The molecule has 0 bridgehead atoms. The molecule has 0 unspecified atom stereocenters. The zero-order valence-corrected chi connectivity index (χ0v) is 37.0. The molecule has 1 fully saturated rings. The van der Waals surface area contributed by atoms with Crippen LogP contribution >= 0.6 is 0 Å². The fourth-order valence-corrected chi connectivity index (χ4v) is 10.8. The van der Waals surface area contributed by atoms with Crippen LogP contribution in [0.2, 0.25) is 0 Å². The number of aryl methyl sites for hydroxylation is 3. The van der Waals surface area contributed by atoms with Crippen LogP contribution in [0.4, 0.5) is 0 Å². The first-order valence-corrected chi connectivity index (χ1v) is 25.0. The van der Waals surface area contributed by atoms with E-state index in [1.54, 1.807) is 48.5 Å². The number of hydrogen-bond donors (Lipinski definition) is 1. The summed E-state index contributed by atoms with van der Waals surface area (Å²) < 4.78 is 85.6. The average molecular weight is 833 g/mol. The molecule has 314 valence electrons. The summed E-state index contributed by atoms with van der Waals surface area (Å²) in [6, 6.07) is 19.5. The van der Waals surface area contributed by atoms with Gasteiger partial charge >= 0.3 is 0 Å². The summed E-state index contributed by atoms with van der Waals surface area (Å²) >= 11 is 0. The largest absolute Gasteiger partial charge is 0.302 e. The summed E-state index contributed by atoms with van der Waals surface area (Å²) in [5.74, 6) is 0. The fourth-order valence-electron chi connectivity index (χ4n) is 6.53. The number of sulfonamides is 3. The number of nitrogens with one attached hydrogen (secondary N) is 1. The Hall–Kier alpha value is -2.65. The van der Waals surface area contributed by atoms with E-state index in [1.807, 2.05) is 20.8 Å². The van der Waals surface area contributed by atoms with Crippen molar-refractivity contribution in [2.45, 2.75) is 133 Å². The van der Waals surface area contributed by atoms with E-state index in [2.05, 4.69) is 19.2 Å². The summed E-state index contributed by atoms with van der Waals surface area (Å²) in [7, 11) is -11.8. The summed E-state index contributed by atoms with van der Waals surface area (Å²) in [6.45, 7) is 10.3. The molecule has 1 aliphatic heterocycles. The second kappa shape index (κ2) is 24.3. The lowest BCUT2D eigenvalue weighted by Crippen LogP contribution is -2.48. The highest BCUT2D eigenvalue weighted by Gasteiger charge is 2.31. The first kappa shape index (κ1) is 47.7. The van der Waals surface area contributed by atoms with E-state index in [0.717, 1.165) is 16.7 Å². The van der Waals surface area contributed by atoms with Gasteiger partial charge in [0.05, 0.1) is 21.4 Å². The third kappa shape index (κ3) is 15.3. The molecule has 0 aliphatic carbocycles. The Morgan fingerprint density at radius 2 is 0.732 bits per heavy atom. The normalized spacial score (nSPS) is 16.0. The standard InChI is InChI=1S/C29H38N4O6S3.C14H30/c1-24-5-11-27(12-6-24)40(34,35)31-18-4-19-32(41(36,37)28-13-7-25(2)8-14-28)21-22-33(23-30-17-20-31)42(38,39)29-15-9-26(3)10-16-29;1-3-5-7-9-11-13-14-12-10-8-6-4-2/h5-16,30H,4,17-23H2,1-3H3;3-14H2,1-2H3. The summed E-state index contributed by atoms with van der Waals surface area (Å²) in [4.78, 5) is 0.335. The minimum absolute atomic E-state index is 0.0158. The molecular formula is C43H68N4O6S3. The van der Waals surface area contributed by atoms with Crippen LogP contribution in [-0.2, 0) is 30.1 Å². The van der Waals surface area contributed by atoms with Crippen molar-refractivity contribution in [3.63, 3.8) is 0 Å². The average Bonchev–Trinajstić information content (AvgIpc) is 3.16. The van der Waals surface area contributed by atoms with Crippen molar-refractivity contribution < 1.29 is 25.3 Å². The van der Waals surface area contributed by atoms with Crippen LogP contribution in [0.25, 0.3) is 0 Å². The highest BCUT2D eigenvalue weighted by Crippen LogP contribution is 2.22. The number of benzene rings is 3. The van der Waals surface area contributed by atoms with Crippen LogP contribution in [0.1, 0.15) is 114 Å². The Bertz CT molecular complexity index is 1870. The summed E-state index contributed by atoms with van der Waals surface area (Å²) in [6.07, 6.45) is 17.7. The van der Waals surface area contributed by atoms with E-state index < -0.39 is 30.1 Å². The molecule has 10 nitrogen and oxygen atoms in total. The maximum atomic E-state index is 13.7. The quantitative estimate of drug-likeness (QED) is 0.135. The Labute approximate surface area is 340 Å². The van der Waals surface area contributed by atoms with Crippen LogP contribution < -0.4 is 5.32 Å². The van der Waals surface area contributed by atoms with Gasteiger partial charge in [0.15, 0.2) is 0 Å². The van der Waals surface area contributed by atoms with Crippen LogP contribution in [0.3, 0.4) is 0 Å². The van der Waals surface area contributed by atoms with Crippen molar-refractivity contribution in [3.05, 3.63) is 89.5 Å². The van der Waals surface area contributed by atoms with Gasteiger partial charge < -0.3 is 5.32 Å². The molecule has 0 atom stereocenters. The lowest BCUT2D eigenvalue weighted by atomic mass is 10.1. The highest BCUT2D eigenvalue weighted by molar-refractivity contribution is 7.89. The maximum absolute atomic E-state index is 13.7. The molecule has 3 aromatic carbocycles. The van der Waals surface area contributed by atoms with Gasteiger partial charge in [-0.15, -0.1) is 0 Å². The van der Waals surface area contributed by atoms with Gasteiger partial charge in [0, 0.05) is 39.3 Å². The van der Waals surface area contributed by atoms with Crippen molar-refractivity contribution in [1.29, 1.82) is 0 Å². The van der Waals surface area contributed by atoms with Crippen LogP contribution in [0.5, 0.6) is 0 Å². The zero-order valence-electron chi connectivity index (χ0n) is 34.6. The predicted molar refractivity (Wildman–Crippen MR) is 229 cm³/mol. The van der Waals surface area contributed by atoms with Gasteiger partial charge in [-0.2, -0.15) is 12.9 Å². The lowest BCUT2D eigenvalue weighted by molar-refractivity contribution is 0.299. The molecule has 1 saturated heterocycles. The van der Waals surface area contributed by atoms with Crippen LogP contribution in [0, 0.1) is 20.8 Å². The van der Waals surface area contributed by atoms with Crippen LogP contribution in [0.15, 0.2) is 87.5 Å². The van der Waals surface area contributed by atoms with Crippen molar-refractivity contribution in [1.82, 2.24) is 18.2 Å². The lowest BCUT2D eigenvalue weighted by Gasteiger charge is -2.30. The Morgan fingerprint density at radius 3 is 1.09 bits per heavy atom. The molecule has 0 spiro atoms. The van der Waals surface area contributed by atoms with Crippen molar-refractivity contribution in [3.8, 4) is 0 Å².